The molecule has 2 aromatic rings. The minimum Gasteiger partial charge on any atom is -0.269 e. The molecule has 0 atom stereocenters. The molecule has 0 N–H and O–H groups in total. The van der Waals surface area contributed by atoms with Gasteiger partial charge >= 0.3 is 0 Å². The van der Waals surface area contributed by atoms with Crippen molar-refractivity contribution in [1.29, 1.82) is 0 Å². The molecule has 0 saturated carbocycles. The fourth-order valence-corrected chi connectivity index (χ4v) is 1.75. The lowest BCUT2D eigenvalue weighted by atomic mass is 10.2. The van der Waals surface area contributed by atoms with Crippen LogP contribution in [0.5, 0.6) is 0 Å². The Morgan fingerprint density at radius 2 is 2.32 bits per heavy atom. The SMILES string of the molecule is C#CCON1CN=Cc2ccccc21.c1csnn1. The summed E-state index contributed by atoms with van der Waals surface area (Å²) >= 11 is 1.35. The van der Waals surface area contributed by atoms with E-state index in [0.29, 0.717) is 6.67 Å². The average molecular weight is 272 g/mol. The highest BCUT2D eigenvalue weighted by Gasteiger charge is 2.12. The molecular weight excluding hydrogens is 260 g/mol. The molecule has 0 unspecified atom stereocenters. The van der Waals surface area contributed by atoms with Gasteiger partial charge in [-0.2, -0.15) is 0 Å². The number of hydrogen-bond donors (Lipinski definition) is 0. The summed E-state index contributed by atoms with van der Waals surface area (Å²) in [5.74, 6) is 2.43. The quantitative estimate of drug-likeness (QED) is 0.784. The lowest BCUT2D eigenvalue weighted by Crippen LogP contribution is -2.27. The number of hydrogen-bond acceptors (Lipinski definition) is 6. The van der Waals surface area contributed by atoms with E-state index in [1.54, 1.807) is 11.3 Å². The van der Waals surface area contributed by atoms with Crippen LogP contribution in [0, 0.1) is 12.3 Å². The maximum absolute atomic E-state index is 5.34. The van der Waals surface area contributed by atoms with Crippen LogP contribution in [0.25, 0.3) is 0 Å². The molecule has 1 aliphatic rings. The first-order chi connectivity index (χ1) is 9.42. The van der Waals surface area contributed by atoms with Gasteiger partial charge in [0, 0.05) is 17.2 Å². The number of aliphatic imine (C=N–C) groups is 1. The van der Waals surface area contributed by atoms with Crippen LogP contribution in [0.4, 0.5) is 5.69 Å². The molecule has 1 aliphatic heterocycles. The van der Waals surface area contributed by atoms with E-state index in [0.717, 1.165) is 11.3 Å². The molecule has 0 aliphatic carbocycles. The predicted octanol–water partition coefficient (Wildman–Crippen LogP) is 1.99. The van der Waals surface area contributed by atoms with Crippen molar-refractivity contribution in [3.8, 4) is 12.3 Å². The standard InChI is InChI=1S/C11H10N2O.C2H2N2S/c1-2-7-14-13-9-12-8-10-5-3-4-6-11(10)13;1-2-5-4-3-1/h1,3-6,8H,7,9H2;1-2H. The number of rotatable bonds is 2. The van der Waals surface area contributed by atoms with Gasteiger partial charge in [-0.3, -0.25) is 9.83 Å². The van der Waals surface area contributed by atoms with Crippen molar-refractivity contribution in [3.63, 3.8) is 0 Å². The Morgan fingerprint density at radius 3 is 3.00 bits per heavy atom. The van der Waals surface area contributed by atoms with Gasteiger partial charge in [0.1, 0.15) is 13.3 Å². The monoisotopic (exact) mass is 272 g/mol. The van der Waals surface area contributed by atoms with Crippen LogP contribution in [-0.4, -0.2) is 29.1 Å². The van der Waals surface area contributed by atoms with Gasteiger partial charge in [-0.15, -0.1) is 11.5 Å². The third-order valence-corrected chi connectivity index (χ3v) is 2.66. The summed E-state index contributed by atoms with van der Waals surface area (Å²) < 4.78 is 3.51. The summed E-state index contributed by atoms with van der Waals surface area (Å²) in [5, 5.41) is 7.01. The smallest absolute Gasteiger partial charge is 0.135 e. The first kappa shape index (κ1) is 13.2. The van der Waals surface area contributed by atoms with Gasteiger partial charge in [0.25, 0.3) is 0 Å². The maximum atomic E-state index is 5.34. The maximum Gasteiger partial charge on any atom is 0.135 e. The molecule has 0 radical (unpaired) electrons. The molecule has 0 amide bonds. The Labute approximate surface area is 115 Å². The Morgan fingerprint density at radius 1 is 1.42 bits per heavy atom. The fourth-order valence-electron chi connectivity index (χ4n) is 1.47. The highest BCUT2D eigenvalue weighted by molar-refractivity contribution is 7.03. The molecule has 0 bridgehead atoms. The molecule has 96 valence electrons. The van der Waals surface area contributed by atoms with E-state index in [9.17, 15) is 0 Å². The van der Waals surface area contributed by atoms with Crippen molar-refractivity contribution in [2.45, 2.75) is 0 Å². The van der Waals surface area contributed by atoms with Gasteiger partial charge in [0.05, 0.1) is 11.9 Å². The summed E-state index contributed by atoms with van der Waals surface area (Å²) in [5.41, 5.74) is 2.06. The van der Waals surface area contributed by atoms with Crippen molar-refractivity contribution in [2.75, 3.05) is 18.3 Å². The van der Waals surface area contributed by atoms with Gasteiger partial charge < -0.3 is 0 Å². The van der Waals surface area contributed by atoms with Crippen LogP contribution in [0.1, 0.15) is 5.56 Å². The predicted molar refractivity (Wildman–Crippen MR) is 76.1 cm³/mol. The van der Waals surface area contributed by atoms with E-state index in [2.05, 4.69) is 20.5 Å². The summed E-state index contributed by atoms with van der Waals surface area (Å²) in [6, 6.07) is 7.90. The molecule has 19 heavy (non-hydrogen) atoms. The molecule has 1 aromatic carbocycles. The number of benzene rings is 1. The van der Waals surface area contributed by atoms with E-state index in [1.165, 1.54) is 11.5 Å². The molecule has 0 saturated heterocycles. The van der Waals surface area contributed by atoms with Crippen molar-refractivity contribution >= 4 is 23.4 Å². The molecule has 6 heteroatoms. The largest absolute Gasteiger partial charge is 0.269 e. The molecule has 1 aromatic heterocycles. The van der Waals surface area contributed by atoms with Gasteiger partial charge in [-0.1, -0.05) is 28.6 Å². The molecule has 0 spiro atoms. The number of anilines is 1. The first-order valence-electron chi connectivity index (χ1n) is 5.55. The summed E-state index contributed by atoms with van der Waals surface area (Å²) in [6.45, 7) is 0.766. The van der Waals surface area contributed by atoms with E-state index in [-0.39, 0.29) is 6.61 Å². The highest BCUT2D eigenvalue weighted by atomic mass is 32.1. The number of hydroxylamine groups is 1. The lowest BCUT2D eigenvalue weighted by Gasteiger charge is -2.25. The van der Waals surface area contributed by atoms with Crippen molar-refractivity contribution in [2.24, 2.45) is 4.99 Å². The van der Waals surface area contributed by atoms with Crippen LogP contribution in [-0.2, 0) is 4.84 Å². The second-order valence-electron chi connectivity index (χ2n) is 3.46. The number of fused-ring (bicyclic) bond motifs is 1. The normalized spacial score (nSPS) is 12.1. The summed E-state index contributed by atoms with van der Waals surface area (Å²) in [7, 11) is 0. The van der Waals surface area contributed by atoms with Crippen molar-refractivity contribution < 1.29 is 4.84 Å². The minimum absolute atomic E-state index is 0.268. The Bertz CT molecular complexity index is 545. The number of aromatic nitrogens is 2. The average Bonchev–Trinajstić information content (AvgIpc) is 3.04. The molecule has 0 fully saturated rings. The van der Waals surface area contributed by atoms with E-state index >= 15 is 0 Å². The first-order valence-corrected chi connectivity index (χ1v) is 6.39. The summed E-state index contributed by atoms with van der Waals surface area (Å²) in [6.07, 6.45) is 8.62. The second kappa shape index (κ2) is 7.26. The molecule has 5 nitrogen and oxygen atoms in total. The fraction of sp³-hybridized carbons (Fsp3) is 0.154. The Kier molecular flexibility index (Phi) is 5.05. The lowest BCUT2D eigenvalue weighted by molar-refractivity contribution is 0.139. The van der Waals surface area contributed by atoms with E-state index in [1.807, 2.05) is 35.9 Å². The van der Waals surface area contributed by atoms with Crippen LogP contribution in [0.2, 0.25) is 0 Å². The molecule has 2 heterocycles. The summed E-state index contributed by atoms with van der Waals surface area (Å²) in [4.78, 5) is 9.50. The molecular formula is C13H12N4OS. The number of para-hydroxylation sites is 1. The van der Waals surface area contributed by atoms with Crippen molar-refractivity contribution in [1.82, 2.24) is 9.59 Å². The Balaban J connectivity index is 0.000000224. The van der Waals surface area contributed by atoms with Crippen LogP contribution >= 0.6 is 11.5 Å². The highest BCUT2D eigenvalue weighted by Crippen LogP contribution is 2.21. The van der Waals surface area contributed by atoms with E-state index in [4.69, 9.17) is 11.3 Å². The topological polar surface area (TPSA) is 50.6 Å². The number of nitrogens with zero attached hydrogens (tertiary/aromatic N) is 4. The van der Waals surface area contributed by atoms with Crippen LogP contribution in [0.3, 0.4) is 0 Å². The Hall–Kier alpha value is -2.23. The van der Waals surface area contributed by atoms with Gasteiger partial charge in [0.2, 0.25) is 0 Å². The van der Waals surface area contributed by atoms with Crippen LogP contribution in [0.15, 0.2) is 40.8 Å². The zero-order valence-corrected chi connectivity index (χ0v) is 11.0. The van der Waals surface area contributed by atoms with Gasteiger partial charge in [0.15, 0.2) is 0 Å². The van der Waals surface area contributed by atoms with Crippen LogP contribution < -0.4 is 5.06 Å². The van der Waals surface area contributed by atoms with E-state index < -0.39 is 0 Å². The minimum atomic E-state index is 0.268. The van der Waals surface area contributed by atoms with Gasteiger partial charge in [-0.05, 0) is 17.6 Å². The van der Waals surface area contributed by atoms with Crippen molar-refractivity contribution in [3.05, 3.63) is 41.4 Å². The number of terminal acetylenes is 1. The third-order valence-electron chi connectivity index (χ3n) is 2.23. The zero-order chi connectivity index (χ0) is 13.3. The second-order valence-corrected chi connectivity index (χ2v) is 4.10. The van der Waals surface area contributed by atoms with Gasteiger partial charge in [-0.25, -0.2) is 5.06 Å². The third kappa shape index (κ3) is 3.88. The molecule has 3 rings (SSSR count). The zero-order valence-electron chi connectivity index (χ0n) is 10.1.